The molecule has 2 heterocycles. The normalized spacial score (nSPS) is 12.4. The molecule has 0 atom stereocenters. The van der Waals surface area contributed by atoms with Crippen molar-refractivity contribution < 1.29 is 26.3 Å². The van der Waals surface area contributed by atoms with Gasteiger partial charge in [0, 0.05) is 23.1 Å². The van der Waals surface area contributed by atoms with Gasteiger partial charge in [-0.25, -0.2) is 0 Å². The molecule has 3 aromatic carbocycles. The molecule has 0 amide bonds. The average molecular weight is 522 g/mol. The number of hydrogen-bond acceptors (Lipinski definition) is 4. The maximum absolute atomic E-state index is 13.4. The maximum Gasteiger partial charge on any atom is 0.417 e. The van der Waals surface area contributed by atoms with Crippen LogP contribution in [-0.4, -0.2) is 26.6 Å². The van der Waals surface area contributed by atoms with Gasteiger partial charge in [0.1, 0.15) is 12.1 Å². The van der Waals surface area contributed by atoms with E-state index in [1.54, 1.807) is 52.7 Å². The summed E-state index contributed by atoms with van der Waals surface area (Å²) < 4.78 is 81.5. The molecule has 5 aromatic rings. The lowest BCUT2D eigenvalue weighted by Crippen LogP contribution is -2.16. The first-order valence-electron chi connectivity index (χ1n) is 10.3. The second kappa shape index (κ2) is 8.37. The Morgan fingerprint density at radius 2 is 1.56 bits per heavy atom. The van der Waals surface area contributed by atoms with Crippen LogP contribution in [0.1, 0.15) is 11.1 Å². The highest BCUT2D eigenvalue weighted by Crippen LogP contribution is 2.42. The van der Waals surface area contributed by atoms with E-state index >= 15 is 0 Å². The predicted octanol–water partition coefficient (Wildman–Crippen LogP) is 7.40. The number of nitrogens with zero attached hydrogens (tertiary/aromatic N) is 5. The van der Waals surface area contributed by atoms with Crippen molar-refractivity contribution in [1.82, 2.24) is 19.6 Å². The summed E-state index contributed by atoms with van der Waals surface area (Å²) in [6.45, 7) is 0. The van der Waals surface area contributed by atoms with Gasteiger partial charge >= 0.3 is 12.4 Å². The van der Waals surface area contributed by atoms with Gasteiger partial charge in [-0.2, -0.15) is 31.3 Å². The first-order valence-corrected chi connectivity index (χ1v) is 10.7. The molecule has 5 rings (SSSR count). The summed E-state index contributed by atoms with van der Waals surface area (Å²) in [4.78, 5) is 6.25. The molecular formula is C24H14ClF6N5. The fraction of sp³-hybridized carbons (Fsp3) is 0.125. The van der Waals surface area contributed by atoms with Gasteiger partial charge < -0.3 is 4.90 Å². The molecule has 0 spiro atoms. The smallest absolute Gasteiger partial charge is 0.329 e. The van der Waals surface area contributed by atoms with Crippen LogP contribution in [0.15, 0.2) is 67.0 Å². The van der Waals surface area contributed by atoms with Gasteiger partial charge in [-0.3, -0.25) is 4.40 Å². The van der Waals surface area contributed by atoms with Crippen LogP contribution < -0.4 is 4.90 Å². The van der Waals surface area contributed by atoms with Crippen molar-refractivity contribution in [3.63, 3.8) is 0 Å². The molecule has 0 bridgehead atoms. The fourth-order valence-corrected chi connectivity index (χ4v) is 4.17. The molecule has 12 heteroatoms. The third-order valence-corrected chi connectivity index (χ3v) is 5.95. The zero-order valence-electron chi connectivity index (χ0n) is 18.2. The van der Waals surface area contributed by atoms with E-state index in [-0.39, 0.29) is 5.56 Å². The Morgan fingerprint density at radius 1 is 0.833 bits per heavy atom. The van der Waals surface area contributed by atoms with Gasteiger partial charge in [0.2, 0.25) is 0 Å². The molecule has 0 fully saturated rings. The molecule has 2 aromatic heterocycles. The van der Waals surface area contributed by atoms with E-state index in [9.17, 15) is 26.3 Å². The molecule has 0 saturated carbocycles. The lowest BCUT2D eigenvalue weighted by Gasteiger charge is -2.22. The Morgan fingerprint density at radius 3 is 2.28 bits per heavy atom. The van der Waals surface area contributed by atoms with Crippen molar-refractivity contribution >= 4 is 39.8 Å². The Hall–Kier alpha value is -3.86. The Balaban J connectivity index is 1.62. The summed E-state index contributed by atoms with van der Waals surface area (Å²) in [7, 11) is 1.70. The van der Waals surface area contributed by atoms with E-state index < -0.39 is 23.5 Å². The molecule has 0 unspecified atom stereocenters. The first kappa shape index (κ1) is 23.9. The quantitative estimate of drug-likeness (QED) is 0.232. The van der Waals surface area contributed by atoms with Crippen LogP contribution in [0.5, 0.6) is 0 Å². The summed E-state index contributed by atoms with van der Waals surface area (Å²) in [6.07, 6.45) is -8.82. The van der Waals surface area contributed by atoms with E-state index in [4.69, 9.17) is 11.6 Å². The Bertz CT molecular complexity index is 1610. The van der Waals surface area contributed by atoms with Crippen LogP contribution in [0.4, 0.5) is 37.8 Å². The van der Waals surface area contributed by atoms with Gasteiger partial charge in [-0.15, -0.1) is 10.2 Å². The van der Waals surface area contributed by atoms with Crippen molar-refractivity contribution in [1.29, 1.82) is 0 Å². The van der Waals surface area contributed by atoms with E-state index in [0.717, 1.165) is 6.07 Å². The number of hydrogen-bond donors (Lipinski definition) is 0. The zero-order chi connectivity index (χ0) is 25.8. The van der Waals surface area contributed by atoms with Gasteiger partial charge in [-0.05, 0) is 53.6 Å². The van der Waals surface area contributed by atoms with Crippen LogP contribution in [0, 0.1) is 0 Å². The summed E-state index contributed by atoms with van der Waals surface area (Å²) in [5, 5.41) is 9.06. The largest absolute Gasteiger partial charge is 0.417 e. The second-order valence-electron chi connectivity index (χ2n) is 7.96. The van der Waals surface area contributed by atoms with Crippen molar-refractivity contribution in [3.05, 3.63) is 83.1 Å². The number of benzene rings is 3. The monoisotopic (exact) mass is 521 g/mol. The molecule has 0 saturated heterocycles. The van der Waals surface area contributed by atoms with Crippen molar-refractivity contribution in [3.8, 4) is 11.1 Å². The first-order chi connectivity index (χ1) is 16.9. The molecule has 0 aliphatic carbocycles. The highest BCUT2D eigenvalue weighted by Gasteiger charge is 2.43. The minimum absolute atomic E-state index is 0.0110. The summed E-state index contributed by atoms with van der Waals surface area (Å²) >= 11 is 6.17. The van der Waals surface area contributed by atoms with Crippen LogP contribution in [0.25, 0.3) is 27.8 Å². The van der Waals surface area contributed by atoms with Gasteiger partial charge in [-0.1, -0.05) is 29.8 Å². The number of rotatable bonds is 3. The number of aromatic nitrogens is 4. The minimum Gasteiger partial charge on any atom is -0.329 e. The Labute approximate surface area is 204 Å². The lowest BCUT2D eigenvalue weighted by molar-refractivity contribution is -0.162. The van der Waals surface area contributed by atoms with E-state index in [0.29, 0.717) is 50.9 Å². The van der Waals surface area contributed by atoms with Crippen LogP contribution >= 0.6 is 11.6 Å². The van der Waals surface area contributed by atoms with Gasteiger partial charge in [0.25, 0.3) is 5.78 Å². The summed E-state index contributed by atoms with van der Waals surface area (Å²) in [5.74, 6) is 0.781. The molecule has 0 aliphatic rings. The SMILES string of the molecule is CN(c1cccc(-c2ccc(C(F)(F)F)c(C(F)(F)F)c2)c1)c1nc2nncn2c2cc(Cl)ccc12. The number of anilines is 2. The molecule has 5 nitrogen and oxygen atoms in total. The maximum atomic E-state index is 13.4. The predicted molar refractivity (Wildman–Crippen MR) is 123 cm³/mol. The minimum atomic E-state index is -5.17. The molecule has 0 N–H and O–H groups in total. The fourth-order valence-electron chi connectivity index (χ4n) is 4.00. The standard InChI is InChI=1S/C24H14ClF6N5/c1-35(21-17-7-6-15(25)11-20(17)36-12-32-34-22(36)33-21)16-4-2-3-13(9-16)14-5-8-18(23(26,27)28)19(10-14)24(29,30)31/h2-12H,1H3. The van der Waals surface area contributed by atoms with E-state index in [1.807, 2.05) is 0 Å². The van der Waals surface area contributed by atoms with Crippen molar-refractivity contribution in [2.24, 2.45) is 0 Å². The topological polar surface area (TPSA) is 46.3 Å². The third kappa shape index (κ3) is 4.19. The molecule has 184 valence electrons. The highest BCUT2D eigenvalue weighted by molar-refractivity contribution is 6.31. The molecule has 0 aliphatic heterocycles. The summed E-state index contributed by atoms with van der Waals surface area (Å²) in [6, 6.07) is 13.6. The molecular weight excluding hydrogens is 508 g/mol. The average Bonchev–Trinajstić information content (AvgIpc) is 3.31. The number of halogens is 7. The van der Waals surface area contributed by atoms with Crippen molar-refractivity contribution in [2.45, 2.75) is 12.4 Å². The molecule has 36 heavy (non-hydrogen) atoms. The number of fused-ring (bicyclic) bond motifs is 3. The van der Waals surface area contributed by atoms with Gasteiger partial charge in [0.15, 0.2) is 0 Å². The second-order valence-corrected chi connectivity index (χ2v) is 8.40. The van der Waals surface area contributed by atoms with E-state index in [1.165, 1.54) is 12.4 Å². The highest BCUT2D eigenvalue weighted by atomic mass is 35.5. The van der Waals surface area contributed by atoms with Crippen LogP contribution in [0.3, 0.4) is 0 Å². The third-order valence-electron chi connectivity index (χ3n) is 5.71. The summed E-state index contributed by atoms with van der Waals surface area (Å²) in [5.41, 5.74) is -1.96. The van der Waals surface area contributed by atoms with E-state index in [2.05, 4.69) is 15.2 Å². The Kier molecular flexibility index (Phi) is 5.55. The number of alkyl halides is 6. The van der Waals surface area contributed by atoms with Crippen molar-refractivity contribution in [2.75, 3.05) is 11.9 Å². The van der Waals surface area contributed by atoms with Crippen LogP contribution in [0.2, 0.25) is 5.02 Å². The zero-order valence-corrected chi connectivity index (χ0v) is 19.0. The lowest BCUT2D eigenvalue weighted by atomic mass is 9.98. The molecule has 0 radical (unpaired) electrons. The van der Waals surface area contributed by atoms with Gasteiger partial charge in [0.05, 0.1) is 16.6 Å². The van der Waals surface area contributed by atoms with Crippen LogP contribution in [-0.2, 0) is 12.4 Å².